The van der Waals surface area contributed by atoms with E-state index in [0.29, 0.717) is 0 Å². The molecule has 0 aromatic carbocycles. The van der Waals surface area contributed by atoms with E-state index < -0.39 is 29.5 Å². The van der Waals surface area contributed by atoms with Crippen molar-refractivity contribution in [3.05, 3.63) is 0 Å². The second kappa shape index (κ2) is 6.37. The fourth-order valence-corrected chi connectivity index (χ4v) is 1.47. The van der Waals surface area contributed by atoms with E-state index in [4.69, 9.17) is 9.84 Å². The number of esters is 1. The van der Waals surface area contributed by atoms with Crippen LogP contribution in [0.15, 0.2) is 0 Å². The number of ether oxygens (including phenoxy) is 1. The van der Waals surface area contributed by atoms with Crippen molar-refractivity contribution in [1.29, 1.82) is 0 Å². The van der Waals surface area contributed by atoms with Gasteiger partial charge in [0.25, 0.3) is 0 Å². The standard InChI is InChI=1S/C12H21NO5/c1-6-8(10(15)16)13(7-2)9(14)11(17)18-12(3,4)5/h8H,6-7H2,1-5H3,(H,15,16)/t8-/m0/s1. The summed E-state index contributed by atoms with van der Waals surface area (Å²) >= 11 is 0. The van der Waals surface area contributed by atoms with E-state index in [1.54, 1.807) is 34.6 Å². The molecule has 104 valence electrons. The summed E-state index contributed by atoms with van der Waals surface area (Å²) in [5, 5.41) is 8.99. The average Bonchev–Trinajstić information content (AvgIpc) is 2.21. The molecule has 0 saturated heterocycles. The topological polar surface area (TPSA) is 83.9 Å². The van der Waals surface area contributed by atoms with Gasteiger partial charge >= 0.3 is 17.8 Å². The maximum Gasteiger partial charge on any atom is 0.397 e. The number of rotatable bonds is 4. The van der Waals surface area contributed by atoms with Crippen molar-refractivity contribution in [2.45, 2.75) is 52.7 Å². The molecule has 0 aromatic rings. The summed E-state index contributed by atoms with van der Waals surface area (Å²) in [5.41, 5.74) is -0.781. The predicted octanol–water partition coefficient (Wildman–Crippen LogP) is 1.04. The number of aliphatic carboxylic acids is 1. The number of carbonyl (C=O) groups excluding carboxylic acids is 2. The molecule has 0 heterocycles. The van der Waals surface area contributed by atoms with Crippen LogP contribution in [0.25, 0.3) is 0 Å². The molecular weight excluding hydrogens is 238 g/mol. The van der Waals surface area contributed by atoms with Gasteiger partial charge in [0.2, 0.25) is 0 Å². The Labute approximate surface area is 107 Å². The third-order valence-electron chi connectivity index (χ3n) is 2.22. The third-order valence-corrected chi connectivity index (χ3v) is 2.22. The fourth-order valence-electron chi connectivity index (χ4n) is 1.47. The Hall–Kier alpha value is -1.59. The van der Waals surface area contributed by atoms with Crippen LogP contribution in [0.5, 0.6) is 0 Å². The molecule has 6 nitrogen and oxygen atoms in total. The minimum absolute atomic E-state index is 0.142. The number of hydrogen-bond acceptors (Lipinski definition) is 4. The molecule has 0 spiro atoms. The minimum atomic E-state index is -1.13. The lowest BCUT2D eigenvalue weighted by Gasteiger charge is -2.27. The first kappa shape index (κ1) is 16.4. The van der Waals surface area contributed by atoms with Crippen LogP contribution < -0.4 is 0 Å². The molecule has 0 fully saturated rings. The van der Waals surface area contributed by atoms with Gasteiger partial charge < -0.3 is 14.7 Å². The van der Waals surface area contributed by atoms with Gasteiger partial charge in [0.1, 0.15) is 11.6 Å². The molecule has 0 aliphatic carbocycles. The number of amides is 1. The van der Waals surface area contributed by atoms with Crippen LogP contribution in [-0.4, -0.2) is 46.0 Å². The first-order valence-electron chi connectivity index (χ1n) is 5.90. The normalized spacial score (nSPS) is 12.7. The molecule has 1 amide bonds. The smallest absolute Gasteiger partial charge is 0.397 e. The molecule has 6 heteroatoms. The summed E-state index contributed by atoms with van der Waals surface area (Å²) in [5.74, 6) is -3.07. The highest BCUT2D eigenvalue weighted by molar-refractivity contribution is 6.32. The summed E-state index contributed by atoms with van der Waals surface area (Å²) in [6.07, 6.45) is 0.234. The molecule has 0 bridgehead atoms. The molecule has 1 atom stereocenters. The molecular formula is C12H21NO5. The first-order chi connectivity index (χ1) is 8.14. The van der Waals surface area contributed by atoms with Crippen molar-refractivity contribution < 1.29 is 24.2 Å². The summed E-state index contributed by atoms with van der Waals surface area (Å²) in [6.45, 7) is 8.33. The highest BCUT2D eigenvalue weighted by Crippen LogP contribution is 2.11. The number of hydrogen-bond donors (Lipinski definition) is 1. The van der Waals surface area contributed by atoms with Crippen molar-refractivity contribution in [3.63, 3.8) is 0 Å². The lowest BCUT2D eigenvalue weighted by Crippen LogP contribution is -2.49. The Balaban J connectivity index is 4.91. The molecule has 0 radical (unpaired) electrons. The highest BCUT2D eigenvalue weighted by Gasteiger charge is 2.33. The second-order valence-corrected chi connectivity index (χ2v) is 4.86. The fraction of sp³-hybridized carbons (Fsp3) is 0.750. The van der Waals surface area contributed by atoms with Crippen LogP contribution in [0.2, 0.25) is 0 Å². The largest absolute Gasteiger partial charge is 0.480 e. The zero-order chi connectivity index (χ0) is 14.5. The van der Waals surface area contributed by atoms with Gasteiger partial charge in [-0.25, -0.2) is 9.59 Å². The van der Waals surface area contributed by atoms with Gasteiger partial charge in [0.05, 0.1) is 0 Å². The van der Waals surface area contributed by atoms with E-state index in [1.165, 1.54) is 0 Å². The Bertz CT molecular complexity index is 332. The number of carboxylic acids is 1. The molecule has 0 aliphatic rings. The quantitative estimate of drug-likeness (QED) is 0.602. The lowest BCUT2D eigenvalue weighted by atomic mass is 10.2. The zero-order valence-electron chi connectivity index (χ0n) is 11.5. The van der Waals surface area contributed by atoms with E-state index in [0.717, 1.165) is 4.90 Å². The number of nitrogens with zero attached hydrogens (tertiary/aromatic N) is 1. The number of carboxylic acid groups (broad SMARTS) is 1. The van der Waals surface area contributed by atoms with E-state index in [2.05, 4.69) is 0 Å². The van der Waals surface area contributed by atoms with Gasteiger partial charge in [0.15, 0.2) is 0 Å². The van der Waals surface area contributed by atoms with Crippen molar-refractivity contribution in [2.24, 2.45) is 0 Å². The molecule has 0 rings (SSSR count). The van der Waals surface area contributed by atoms with Crippen LogP contribution >= 0.6 is 0 Å². The summed E-state index contributed by atoms with van der Waals surface area (Å²) in [7, 11) is 0. The van der Waals surface area contributed by atoms with Crippen LogP contribution in [0.1, 0.15) is 41.0 Å². The summed E-state index contributed by atoms with van der Waals surface area (Å²) in [4.78, 5) is 35.4. The lowest BCUT2D eigenvalue weighted by molar-refractivity contribution is -0.170. The Morgan fingerprint density at radius 2 is 1.72 bits per heavy atom. The van der Waals surface area contributed by atoms with Crippen molar-refractivity contribution in [1.82, 2.24) is 4.90 Å². The molecule has 18 heavy (non-hydrogen) atoms. The third kappa shape index (κ3) is 4.73. The first-order valence-corrected chi connectivity index (χ1v) is 5.90. The maximum absolute atomic E-state index is 11.8. The molecule has 0 saturated carbocycles. The molecule has 0 aromatic heterocycles. The van der Waals surface area contributed by atoms with Gasteiger partial charge in [-0.2, -0.15) is 0 Å². The maximum atomic E-state index is 11.8. The molecule has 0 unspecified atom stereocenters. The Morgan fingerprint density at radius 1 is 1.22 bits per heavy atom. The zero-order valence-corrected chi connectivity index (χ0v) is 11.5. The Morgan fingerprint density at radius 3 is 2.00 bits per heavy atom. The van der Waals surface area contributed by atoms with E-state index in [1.807, 2.05) is 0 Å². The van der Waals surface area contributed by atoms with E-state index in [9.17, 15) is 14.4 Å². The van der Waals surface area contributed by atoms with Gasteiger partial charge in [-0.3, -0.25) is 4.79 Å². The van der Waals surface area contributed by atoms with Crippen LogP contribution in [-0.2, 0) is 19.1 Å². The average molecular weight is 259 g/mol. The second-order valence-electron chi connectivity index (χ2n) is 4.86. The van der Waals surface area contributed by atoms with Gasteiger partial charge in [-0.05, 0) is 34.1 Å². The molecule has 1 N–H and O–H groups in total. The van der Waals surface area contributed by atoms with Gasteiger partial charge in [-0.1, -0.05) is 6.92 Å². The van der Waals surface area contributed by atoms with E-state index in [-0.39, 0.29) is 13.0 Å². The summed E-state index contributed by atoms with van der Waals surface area (Å²) < 4.78 is 4.93. The predicted molar refractivity (Wildman–Crippen MR) is 64.9 cm³/mol. The minimum Gasteiger partial charge on any atom is -0.480 e. The van der Waals surface area contributed by atoms with Crippen LogP contribution in [0.3, 0.4) is 0 Å². The SMILES string of the molecule is CC[C@@H](C(=O)O)N(CC)C(=O)C(=O)OC(C)(C)C. The van der Waals surface area contributed by atoms with Crippen molar-refractivity contribution in [3.8, 4) is 0 Å². The van der Waals surface area contributed by atoms with Gasteiger partial charge in [0, 0.05) is 6.54 Å². The molecule has 0 aliphatic heterocycles. The van der Waals surface area contributed by atoms with Crippen molar-refractivity contribution >= 4 is 17.8 Å². The Kier molecular flexibility index (Phi) is 5.81. The number of carbonyl (C=O) groups is 3. The monoisotopic (exact) mass is 259 g/mol. The van der Waals surface area contributed by atoms with Gasteiger partial charge in [-0.15, -0.1) is 0 Å². The summed E-state index contributed by atoms with van der Waals surface area (Å²) in [6, 6.07) is -1.00. The van der Waals surface area contributed by atoms with Crippen LogP contribution in [0.4, 0.5) is 0 Å². The van der Waals surface area contributed by atoms with Crippen molar-refractivity contribution in [2.75, 3.05) is 6.54 Å². The number of likely N-dealkylation sites (N-methyl/N-ethyl adjacent to an activating group) is 1. The van der Waals surface area contributed by atoms with E-state index >= 15 is 0 Å². The highest BCUT2D eigenvalue weighted by atomic mass is 16.6. The van der Waals surface area contributed by atoms with Crippen LogP contribution in [0, 0.1) is 0 Å².